The Morgan fingerprint density at radius 1 is 1.00 bits per heavy atom. The Balaban J connectivity index is 1.39. The molecule has 172 valence electrons. The third kappa shape index (κ3) is 5.19. The van der Waals surface area contributed by atoms with Gasteiger partial charge in [-0.05, 0) is 56.0 Å². The van der Waals surface area contributed by atoms with Crippen molar-refractivity contribution in [1.82, 2.24) is 19.4 Å². The Hall–Kier alpha value is -3.33. The highest BCUT2D eigenvalue weighted by atomic mass is 32.2. The number of pyridine rings is 1. The highest BCUT2D eigenvalue weighted by molar-refractivity contribution is 7.98. The number of hydrogen-bond donors (Lipinski definition) is 0. The summed E-state index contributed by atoms with van der Waals surface area (Å²) >= 11 is 1.58. The minimum absolute atomic E-state index is 0.0322. The Morgan fingerprint density at radius 3 is 2.48 bits per heavy atom. The number of ether oxygens (including phenoxy) is 1. The van der Waals surface area contributed by atoms with Crippen LogP contribution in [0, 0.1) is 0 Å². The van der Waals surface area contributed by atoms with Crippen LogP contribution < -0.4 is 4.90 Å². The summed E-state index contributed by atoms with van der Waals surface area (Å²) in [6, 6.07) is 11.2. The molecule has 0 bridgehead atoms. The molecular weight excluding hydrogens is 438 g/mol. The molecule has 3 heterocycles. The number of imidazole rings is 1. The zero-order valence-corrected chi connectivity index (χ0v) is 19.6. The van der Waals surface area contributed by atoms with Gasteiger partial charge in [0.15, 0.2) is 5.16 Å². The number of rotatable bonds is 6. The van der Waals surface area contributed by atoms with E-state index in [9.17, 15) is 9.59 Å². The molecule has 0 atom stereocenters. The molecule has 4 rings (SSSR count). The van der Waals surface area contributed by atoms with Crippen LogP contribution in [0.4, 0.5) is 5.82 Å². The number of benzene rings is 1. The van der Waals surface area contributed by atoms with Crippen molar-refractivity contribution in [3.63, 3.8) is 0 Å². The number of anilines is 1. The van der Waals surface area contributed by atoms with Crippen molar-refractivity contribution in [3.8, 4) is 5.69 Å². The molecular formula is C24H27N5O3S. The molecule has 0 saturated carbocycles. The minimum atomic E-state index is -0.368. The molecule has 1 aromatic carbocycles. The fourth-order valence-corrected chi connectivity index (χ4v) is 4.37. The highest BCUT2D eigenvalue weighted by Gasteiger charge is 2.21. The van der Waals surface area contributed by atoms with Gasteiger partial charge in [0.05, 0.1) is 12.2 Å². The van der Waals surface area contributed by atoms with Crippen molar-refractivity contribution in [2.24, 2.45) is 0 Å². The van der Waals surface area contributed by atoms with E-state index in [1.807, 2.05) is 52.3 Å². The third-order valence-electron chi connectivity index (χ3n) is 5.55. The molecule has 1 amide bonds. The molecule has 2 aromatic heterocycles. The summed E-state index contributed by atoms with van der Waals surface area (Å²) in [4.78, 5) is 37.8. The van der Waals surface area contributed by atoms with Gasteiger partial charge in [-0.3, -0.25) is 9.36 Å². The number of carbonyl (C=O) groups excluding carboxylic acids is 2. The maximum atomic E-state index is 13.1. The Kier molecular flexibility index (Phi) is 7.29. The standard InChI is InChI=1S/C24H27N5O3S/c1-3-32-23(31)19-7-10-21(26-17-19)27-12-4-13-28(16-15-27)22(30)18-5-8-20(9-6-18)29-14-11-25-24(29)33-2/h5-11,14,17H,3-4,12-13,15-16H2,1-2H3. The molecule has 0 radical (unpaired) electrons. The lowest BCUT2D eigenvalue weighted by molar-refractivity contribution is 0.0525. The van der Waals surface area contributed by atoms with Gasteiger partial charge < -0.3 is 14.5 Å². The summed E-state index contributed by atoms with van der Waals surface area (Å²) in [5.74, 6) is 0.462. The van der Waals surface area contributed by atoms with Crippen LogP contribution in [-0.4, -0.2) is 70.4 Å². The van der Waals surface area contributed by atoms with Crippen molar-refractivity contribution in [1.29, 1.82) is 0 Å². The minimum Gasteiger partial charge on any atom is -0.462 e. The number of thioether (sulfide) groups is 1. The lowest BCUT2D eigenvalue weighted by Crippen LogP contribution is -2.35. The lowest BCUT2D eigenvalue weighted by atomic mass is 10.1. The van der Waals surface area contributed by atoms with Crippen molar-refractivity contribution in [3.05, 3.63) is 66.1 Å². The quantitative estimate of drug-likeness (QED) is 0.407. The first-order chi connectivity index (χ1) is 16.1. The number of carbonyl (C=O) groups is 2. The molecule has 0 unspecified atom stereocenters. The predicted octanol–water partition coefficient (Wildman–Crippen LogP) is 3.52. The van der Waals surface area contributed by atoms with Crippen LogP contribution in [0.15, 0.2) is 60.1 Å². The maximum Gasteiger partial charge on any atom is 0.339 e. The topological polar surface area (TPSA) is 80.6 Å². The van der Waals surface area contributed by atoms with Crippen LogP contribution in [0.25, 0.3) is 5.69 Å². The second kappa shape index (κ2) is 10.5. The lowest BCUT2D eigenvalue weighted by Gasteiger charge is -2.23. The molecule has 1 aliphatic heterocycles. The number of esters is 1. The average molecular weight is 466 g/mol. The normalized spacial score (nSPS) is 14.1. The number of hydrogen-bond acceptors (Lipinski definition) is 7. The molecule has 3 aromatic rings. The molecule has 1 saturated heterocycles. The molecule has 0 aliphatic carbocycles. The van der Waals surface area contributed by atoms with Crippen LogP contribution >= 0.6 is 11.8 Å². The van der Waals surface area contributed by atoms with E-state index in [-0.39, 0.29) is 11.9 Å². The fraction of sp³-hybridized carbons (Fsp3) is 0.333. The molecule has 9 heteroatoms. The van der Waals surface area contributed by atoms with E-state index < -0.39 is 0 Å². The number of amides is 1. The van der Waals surface area contributed by atoms with Gasteiger partial charge in [0, 0.05) is 56.0 Å². The molecule has 1 fully saturated rings. The van der Waals surface area contributed by atoms with Gasteiger partial charge in [-0.25, -0.2) is 14.8 Å². The zero-order valence-electron chi connectivity index (χ0n) is 18.8. The summed E-state index contributed by atoms with van der Waals surface area (Å²) in [6.45, 7) is 4.89. The highest BCUT2D eigenvalue weighted by Crippen LogP contribution is 2.20. The molecule has 0 N–H and O–H groups in total. The largest absolute Gasteiger partial charge is 0.462 e. The van der Waals surface area contributed by atoms with Gasteiger partial charge >= 0.3 is 5.97 Å². The van der Waals surface area contributed by atoms with Crippen LogP contribution in [-0.2, 0) is 4.74 Å². The predicted molar refractivity (Wildman–Crippen MR) is 128 cm³/mol. The molecule has 8 nitrogen and oxygen atoms in total. The van der Waals surface area contributed by atoms with Gasteiger partial charge in [0.1, 0.15) is 5.82 Å². The first-order valence-electron chi connectivity index (χ1n) is 11.0. The SMILES string of the molecule is CCOC(=O)c1ccc(N2CCCN(C(=O)c3ccc(-n4ccnc4SC)cc3)CC2)nc1. The summed E-state index contributed by atoms with van der Waals surface area (Å²) in [6.07, 6.45) is 8.07. The van der Waals surface area contributed by atoms with Gasteiger partial charge in [0.2, 0.25) is 0 Å². The Bertz CT molecular complexity index is 1100. The van der Waals surface area contributed by atoms with E-state index in [1.54, 1.807) is 37.1 Å². The smallest absolute Gasteiger partial charge is 0.339 e. The molecule has 0 spiro atoms. The van der Waals surface area contributed by atoms with Crippen LogP contribution in [0.3, 0.4) is 0 Å². The Morgan fingerprint density at radius 2 is 1.79 bits per heavy atom. The first-order valence-corrected chi connectivity index (χ1v) is 12.2. The van der Waals surface area contributed by atoms with Gasteiger partial charge in [-0.15, -0.1) is 0 Å². The van der Waals surface area contributed by atoms with Crippen molar-refractivity contribution < 1.29 is 14.3 Å². The van der Waals surface area contributed by atoms with E-state index in [1.165, 1.54) is 0 Å². The van der Waals surface area contributed by atoms with E-state index in [4.69, 9.17) is 4.74 Å². The summed E-state index contributed by atoms with van der Waals surface area (Å²) in [5, 5.41) is 0.908. The Labute approximate surface area is 197 Å². The molecule has 1 aliphatic rings. The van der Waals surface area contributed by atoms with Crippen LogP contribution in [0.5, 0.6) is 0 Å². The van der Waals surface area contributed by atoms with Crippen molar-refractivity contribution in [2.75, 3.05) is 43.9 Å². The summed E-state index contributed by atoms with van der Waals surface area (Å²) in [5.41, 5.74) is 2.10. The van der Waals surface area contributed by atoms with E-state index in [0.717, 1.165) is 29.6 Å². The maximum absolute atomic E-state index is 13.1. The van der Waals surface area contributed by atoms with Gasteiger partial charge in [0.25, 0.3) is 5.91 Å². The van der Waals surface area contributed by atoms with Gasteiger partial charge in [-0.1, -0.05) is 11.8 Å². The first kappa shape index (κ1) is 22.8. The van der Waals surface area contributed by atoms with E-state index >= 15 is 0 Å². The molecule has 33 heavy (non-hydrogen) atoms. The third-order valence-corrected chi connectivity index (χ3v) is 6.22. The van der Waals surface area contributed by atoms with E-state index in [0.29, 0.717) is 37.4 Å². The zero-order chi connectivity index (χ0) is 23.2. The average Bonchev–Trinajstić information content (AvgIpc) is 3.20. The summed E-state index contributed by atoms with van der Waals surface area (Å²) in [7, 11) is 0. The van der Waals surface area contributed by atoms with E-state index in [2.05, 4.69) is 14.9 Å². The second-order valence-corrected chi connectivity index (χ2v) is 8.36. The fourth-order valence-electron chi connectivity index (χ4n) is 3.84. The monoisotopic (exact) mass is 465 g/mol. The van der Waals surface area contributed by atoms with Crippen LogP contribution in [0.2, 0.25) is 0 Å². The van der Waals surface area contributed by atoms with Crippen molar-refractivity contribution >= 4 is 29.5 Å². The number of nitrogens with zero attached hydrogens (tertiary/aromatic N) is 5. The van der Waals surface area contributed by atoms with Crippen LogP contribution in [0.1, 0.15) is 34.1 Å². The second-order valence-electron chi connectivity index (χ2n) is 7.59. The summed E-state index contributed by atoms with van der Waals surface area (Å²) < 4.78 is 7.02. The van der Waals surface area contributed by atoms with Gasteiger partial charge in [-0.2, -0.15) is 0 Å². The number of aromatic nitrogens is 3. The van der Waals surface area contributed by atoms with Crippen molar-refractivity contribution in [2.45, 2.75) is 18.5 Å².